The van der Waals surface area contributed by atoms with E-state index in [4.69, 9.17) is 11.6 Å². The molecule has 0 N–H and O–H groups in total. The van der Waals surface area contributed by atoms with Crippen LogP contribution >= 0.6 is 11.6 Å². The van der Waals surface area contributed by atoms with Crippen LogP contribution in [0.4, 0.5) is 11.6 Å². The molecule has 0 fully saturated rings. The lowest BCUT2D eigenvalue weighted by Gasteiger charge is -2.13. The minimum absolute atomic E-state index is 0.139. The van der Waals surface area contributed by atoms with Gasteiger partial charge in [0.05, 0.1) is 4.92 Å². The molecule has 0 radical (unpaired) electrons. The molecular formula is C7H9ClN4O2. The van der Waals surface area contributed by atoms with Crippen molar-refractivity contribution in [3.63, 3.8) is 0 Å². The van der Waals surface area contributed by atoms with Crippen molar-refractivity contribution in [2.75, 3.05) is 18.5 Å². The third-order valence-corrected chi connectivity index (χ3v) is 2.00. The average molecular weight is 217 g/mol. The molecular weight excluding hydrogens is 208 g/mol. The Morgan fingerprint density at radius 3 is 2.79 bits per heavy atom. The summed E-state index contributed by atoms with van der Waals surface area (Å²) in [4.78, 5) is 19.1. The van der Waals surface area contributed by atoms with Gasteiger partial charge in [-0.1, -0.05) is 11.6 Å². The predicted octanol–water partition coefficient (Wildman–Crippen LogP) is 1.49. The van der Waals surface area contributed by atoms with E-state index in [0.29, 0.717) is 12.5 Å². The summed E-state index contributed by atoms with van der Waals surface area (Å²) in [5.41, 5.74) is -0.278. The van der Waals surface area contributed by atoms with Gasteiger partial charge in [-0.05, 0) is 6.92 Å². The average Bonchev–Trinajstić information content (AvgIpc) is 2.15. The minimum atomic E-state index is -0.613. The zero-order valence-electron chi connectivity index (χ0n) is 7.77. The zero-order valence-corrected chi connectivity index (χ0v) is 8.52. The molecule has 0 atom stereocenters. The van der Waals surface area contributed by atoms with E-state index in [0.717, 1.165) is 6.20 Å². The summed E-state index contributed by atoms with van der Waals surface area (Å²) in [6.07, 6.45) is 1.11. The smallest absolute Gasteiger partial charge is 0.324 e. The molecule has 0 unspecified atom stereocenters. The molecule has 0 amide bonds. The predicted molar refractivity (Wildman–Crippen MR) is 52.6 cm³/mol. The van der Waals surface area contributed by atoms with E-state index in [-0.39, 0.29) is 10.8 Å². The zero-order chi connectivity index (χ0) is 10.7. The van der Waals surface area contributed by atoms with Gasteiger partial charge < -0.3 is 4.90 Å². The van der Waals surface area contributed by atoms with Gasteiger partial charge in [0, 0.05) is 13.6 Å². The standard InChI is InChI=1S/C7H9ClN4O2/c1-3-11(2)7-9-4-5(12(13)14)6(8)10-7/h4H,3H2,1-2H3. The van der Waals surface area contributed by atoms with Crippen molar-refractivity contribution < 1.29 is 4.92 Å². The van der Waals surface area contributed by atoms with Crippen molar-refractivity contribution in [1.82, 2.24) is 9.97 Å². The first-order valence-electron chi connectivity index (χ1n) is 3.94. The van der Waals surface area contributed by atoms with Crippen molar-refractivity contribution in [1.29, 1.82) is 0 Å². The van der Waals surface area contributed by atoms with E-state index >= 15 is 0 Å². The van der Waals surface area contributed by atoms with Crippen LogP contribution in [0.1, 0.15) is 6.92 Å². The van der Waals surface area contributed by atoms with Gasteiger partial charge in [0.2, 0.25) is 11.1 Å². The fourth-order valence-corrected chi connectivity index (χ4v) is 0.987. The van der Waals surface area contributed by atoms with E-state index in [1.807, 2.05) is 6.92 Å². The normalized spacial score (nSPS) is 9.93. The fraction of sp³-hybridized carbons (Fsp3) is 0.429. The molecule has 6 nitrogen and oxygen atoms in total. The van der Waals surface area contributed by atoms with Gasteiger partial charge in [-0.2, -0.15) is 4.98 Å². The summed E-state index contributed by atoms with van der Waals surface area (Å²) in [6.45, 7) is 2.62. The topological polar surface area (TPSA) is 72.2 Å². The van der Waals surface area contributed by atoms with Crippen LogP contribution in [0.5, 0.6) is 0 Å². The van der Waals surface area contributed by atoms with Crippen molar-refractivity contribution in [3.8, 4) is 0 Å². The molecule has 14 heavy (non-hydrogen) atoms. The fourth-order valence-electron chi connectivity index (χ4n) is 0.794. The highest BCUT2D eigenvalue weighted by Crippen LogP contribution is 2.22. The van der Waals surface area contributed by atoms with E-state index < -0.39 is 4.92 Å². The second-order valence-corrected chi connectivity index (χ2v) is 2.98. The molecule has 0 saturated carbocycles. The second-order valence-electron chi connectivity index (χ2n) is 2.62. The molecule has 0 spiro atoms. The van der Waals surface area contributed by atoms with Crippen LogP contribution in [-0.4, -0.2) is 28.5 Å². The number of hydrogen-bond acceptors (Lipinski definition) is 5. The number of aromatic nitrogens is 2. The second kappa shape index (κ2) is 4.19. The molecule has 0 bridgehead atoms. The van der Waals surface area contributed by atoms with Gasteiger partial charge in [0.1, 0.15) is 6.20 Å². The summed E-state index contributed by atoms with van der Waals surface area (Å²) in [5.74, 6) is 0.378. The molecule has 0 aliphatic carbocycles. The van der Waals surface area contributed by atoms with E-state index in [2.05, 4.69) is 9.97 Å². The summed E-state index contributed by atoms with van der Waals surface area (Å²) >= 11 is 5.61. The Bertz CT molecular complexity index is 358. The van der Waals surface area contributed by atoms with Crippen LogP contribution in [0.2, 0.25) is 5.15 Å². The Kier molecular flexibility index (Phi) is 3.19. The van der Waals surface area contributed by atoms with Gasteiger partial charge >= 0.3 is 5.69 Å². The number of halogens is 1. The molecule has 1 aromatic heterocycles. The van der Waals surface area contributed by atoms with Crippen molar-refractivity contribution in [3.05, 3.63) is 21.5 Å². The van der Waals surface area contributed by atoms with Gasteiger partial charge in [-0.3, -0.25) is 10.1 Å². The molecule has 1 heterocycles. The molecule has 0 saturated heterocycles. The SMILES string of the molecule is CCN(C)c1ncc([N+](=O)[O-])c(Cl)n1. The van der Waals surface area contributed by atoms with Crippen LogP contribution in [0.3, 0.4) is 0 Å². The van der Waals surface area contributed by atoms with E-state index in [1.54, 1.807) is 11.9 Å². The maximum atomic E-state index is 10.4. The first kappa shape index (κ1) is 10.6. The van der Waals surface area contributed by atoms with Crippen molar-refractivity contribution in [2.24, 2.45) is 0 Å². The Balaban J connectivity index is 3.06. The molecule has 0 aromatic carbocycles. The molecule has 1 rings (SSSR count). The third kappa shape index (κ3) is 2.08. The van der Waals surface area contributed by atoms with Crippen molar-refractivity contribution in [2.45, 2.75) is 6.92 Å². The Morgan fingerprint density at radius 2 is 2.36 bits per heavy atom. The molecule has 1 aromatic rings. The van der Waals surface area contributed by atoms with Gasteiger partial charge in [0.25, 0.3) is 0 Å². The van der Waals surface area contributed by atoms with Gasteiger partial charge in [0.15, 0.2) is 0 Å². The number of hydrogen-bond donors (Lipinski definition) is 0. The summed E-state index contributed by atoms with van der Waals surface area (Å²) in [7, 11) is 1.78. The maximum absolute atomic E-state index is 10.4. The highest BCUT2D eigenvalue weighted by atomic mass is 35.5. The van der Waals surface area contributed by atoms with Crippen LogP contribution in [0.25, 0.3) is 0 Å². The van der Waals surface area contributed by atoms with Gasteiger partial charge in [-0.25, -0.2) is 4.98 Å². The number of nitro groups is 1. The van der Waals surface area contributed by atoms with Crippen molar-refractivity contribution >= 4 is 23.2 Å². The molecule has 0 aliphatic rings. The van der Waals surface area contributed by atoms with Crippen LogP contribution in [0.15, 0.2) is 6.20 Å². The first-order valence-corrected chi connectivity index (χ1v) is 4.32. The largest absolute Gasteiger partial charge is 0.344 e. The number of nitrogens with zero attached hydrogens (tertiary/aromatic N) is 4. The van der Waals surface area contributed by atoms with Crippen LogP contribution < -0.4 is 4.90 Å². The summed E-state index contributed by atoms with van der Waals surface area (Å²) < 4.78 is 0. The molecule has 0 aliphatic heterocycles. The molecule has 76 valence electrons. The maximum Gasteiger partial charge on any atom is 0.324 e. The highest BCUT2D eigenvalue weighted by Gasteiger charge is 2.15. The van der Waals surface area contributed by atoms with Crippen LogP contribution in [-0.2, 0) is 0 Å². The quantitative estimate of drug-likeness (QED) is 0.435. The third-order valence-electron chi connectivity index (χ3n) is 1.72. The summed E-state index contributed by atoms with van der Waals surface area (Å²) in [5, 5.41) is 10.3. The van der Waals surface area contributed by atoms with E-state index in [1.165, 1.54) is 0 Å². The monoisotopic (exact) mass is 216 g/mol. The first-order chi connectivity index (χ1) is 6.56. The van der Waals surface area contributed by atoms with Gasteiger partial charge in [-0.15, -0.1) is 0 Å². The Hall–Kier alpha value is -1.43. The number of rotatable bonds is 3. The Morgan fingerprint density at radius 1 is 1.71 bits per heavy atom. The Labute approximate surface area is 85.7 Å². The lowest BCUT2D eigenvalue weighted by Crippen LogP contribution is -2.18. The molecule has 7 heteroatoms. The highest BCUT2D eigenvalue weighted by molar-refractivity contribution is 6.31. The number of anilines is 1. The summed E-state index contributed by atoms with van der Waals surface area (Å²) in [6, 6.07) is 0. The van der Waals surface area contributed by atoms with Crippen LogP contribution in [0, 0.1) is 10.1 Å². The lowest BCUT2D eigenvalue weighted by atomic mass is 10.5. The lowest BCUT2D eigenvalue weighted by molar-refractivity contribution is -0.385. The van der Waals surface area contributed by atoms with E-state index in [9.17, 15) is 10.1 Å². The minimum Gasteiger partial charge on any atom is -0.344 e.